The van der Waals surface area contributed by atoms with E-state index < -0.39 is 0 Å². The molecule has 1 heterocycles. The molecule has 0 amide bonds. The molecule has 0 unspecified atom stereocenters. The van der Waals surface area contributed by atoms with E-state index in [1.807, 2.05) is 12.1 Å². The Morgan fingerprint density at radius 3 is 2.39 bits per heavy atom. The van der Waals surface area contributed by atoms with E-state index in [1.54, 1.807) is 0 Å². The van der Waals surface area contributed by atoms with E-state index in [0.717, 1.165) is 29.9 Å². The van der Waals surface area contributed by atoms with Crippen molar-refractivity contribution in [3.63, 3.8) is 0 Å². The first-order chi connectivity index (χ1) is 8.85. The second-order valence-corrected chi connectivity index (χ2v) is 4.92. The highest BCUT2D eigenvalue weighted by Crippen LogP contribution is 2.24. The van der Waals surface area contributed by atoms with Crippen molar-refractivity contribution in [3.8, 4) is 6.07 Å². The lowest BCUT2D eigenvalue weighted by Gasteiger charge is -2.27. The molecule has 2 N–H and O–H groups in total. The highest BCUT2D eigenvalue weighted by Gasteiger charge is 2.13. The molecule has 3 heteroatoms. The van der Waals surface area contributed by atoms with Gasteiger partial charge in [-0.3, -0.25) is 0 Å². The fraction of sp³-hybridized carbons (Fsp3) is 0.533. The molecule has 1 aromatic carbocycles. The van der Waals surface area contributed by atoms with Crippen LogP contribution in [0.2, 0.25) is 0 Å². The largest absolute Gasteiger partial charge is 0.370 e. The Hall–Kier alpha value is -1.53. The molecule has 1 saturated heterocycles. The van der Waals surface area contributed by atoms with Crippen LogP contribution in [-0.2, 0) is 6.54 Å². The summed E-state index contributed by atoms with van der Waals surface area (Å²) >= 11 is 0. The average molecular weight is 243 g/mol. The third kappa shape index (κ3) is 3.02. The standard InChI is InChI=1S/C15H21N3/c16-11-13-6-7-15(14(10-13)12-17)18-8-4-2-1-3-5-9-18/h6-7,10H,1-5,8-9,11,16H2. The van der Waals surface area contributed by atoms with Crippen LogP contribution in [0.25, 0.3) is 0 Å². The molecule has 0 saturated carbocycles. The third-order valence-corrected chi connectivity index (χ3v) is 3.61. The van der Waals surface area contributed by atoms with Crippen LogP contribution < -0.4 is 10.6 Å². The molecule has 18 heavy (non-hydrogen) atoms. The van der Waals surface area contributed by atoms with Crippen LogP contribution in [0, 0.1) is 11.3 Å². The van der Waals surface area contributed by atoms with Crippen LogP contribution >= 0.6 is 0 Å². The van der Waals surface area contributed by atoms with Crippen LogP contribution in [-0.4, -0.2) is 13.1 Å². The highest BCUT2D eigenvalue weighted by molar-refractivity contribution is 5.60. The van der Waals surface area contributed by atoms with Gasteiger partial charge in [0, 0.05) is 19.6 Å². The van der Waals surface area contributed by atoms with Crippen LogP contribution in [0.3, 0.4) is 0 Å². The van der Waals surface area contributed by atoms with Crippen molar-refractivity contribution in [1.29, 1.82) is 5.26 Å². The lowest BCUT2D eigenvalue weighted by Crippen LogP contribution is -2.27. The van der Waals surface area contributed by atoms with Crippen molar-refractivity contribution in [3.05, 3.63) is 29.3 Å². The number of nitriles is 1. The van der Waals surface area contributed by atoms with Crippen LogP contribution in [0.5, 0.6) is 0 Å². The van der Waals surface area contributed by atoms with Crippen LogP contribution in [0.15, 0.2) is 18.2 Å². The van der Waals surface area contributed by atoms with Gasteiger partial charge in [0.25, 0.3) is 0 Å². The molecule has 0 bridgehead atoms. The lowest BCUT2D eigenvalue weighted by atomic mass is 10.0. The normalized spacial score (nSPS) is 16.8. The molecule has 0 aliphatic carbocycles. The summed E-state index contributed by atoms with van der Waals surface area (Å²) in [5.41, 5.74) is 8.50. The van der Waals surface area contributed by atoms with E-state index in [9.17, 15) is 5.26 Å². The van der Waals surface area contributed by atoms with Crippen molar-refractivity contribution in [2.45, 2.75) is 38.6 Å². The van der Waals surface area contributed by atoms with Crippen molar-refractivity contribution in [1.82, 2.24) is 0 Å². The lowest BCUT2D eigenvalue weighted by molar-refractivity contribution is 0.556. The van der Waals surface area contributed by atoms with Crippen molar-refractivity contribution in [2.75, 3.05) is 18.0 Å². The predicted molar refractivity (Wildman–Crippen MR) is 74.3 cm³/mol. The summed E-state index contributed by atoms with van der Waals surface area (Å²) in [4.78, 5) is 2.36. The van der Waals surface area contributed by atoms with Crippen molar-refractivity contribution in [2.24, 2.45) is 5.73 Å². The minimum atomic E-state index is 0.495. The Morgan fingerprint density at radius 1 is 1.11 bits per heavy atom. The first-order valence-electron chi connectivity index (χ1n) is 6.83. The molecule has 0 radical (unpaired) electrons. The van der Waals surface area contributed by atoms with Gasteiger partial charge >= 0.3 is 0 Å². The Bertz CT molecular complexity index is 426. The number of anilines is 1. The van der Waals surface area contributed by atoms with Crippen molar-refractivity contribution >= 4 is 5.69 Å². The third-order valence-electron chi connectivity index (χ3n) is 3.61. The van der Waals surface area contributed by atoms with E-state index in [4.69, 9.17) is 5.73 Å². The van der Waals surface area contributed by atoms with E-state index >= 15 is 0 Å². The second-order valence-electron chi connectivity index (χ2n) is 4.92. The summed E-state index contributed by atoms with van der Waals surface area (Å²) in [6.07, 6.45) is 6.41. The van der Waals surface area contributed by atoms with E-state index in [2.05, 4.69) is 17.0 Å². The Morgan fingerprint density at radius 2 is 1.78 bits per heavy atom. The molecule has 2 rings (SSSR count). The topological polar surface area (TPSA) is 53.1 Å². The zero-order chi connectivity index (χ0) is 12.8. The van der Waals surface area contributed by atoms with Gasteiger partial charge in [-0.05, 0) is 30.5 Å². The van der Waals surface area contributed by atoms with Gasteiger partial charge in [0.15, 0.2) is 0 Å². The Balaban J connectivity index is 2.22. The van der Waals surface area contributed by atoms with Gasteiger partial charge < -0.3 is 10.6 Å². The molecule has 3 nitrogen and oxygen atoms in total. The summed E-state index contributed by atoms with van der Waals surface area (Å²) in [7, 11) is 0. The summed E-state index contributed by atoms with van der Waals surface area (Å²) in [5.74, 6) is 0. The number of benzene rings is 1. The van der Waals surface area contributed by atoms with Gasteiger partial charge in [0.2, 0.25) is 0 Å². The van der Waals surface area contributed by atoms with Gasteiger partial charge in [0.05, 0.1) is 11.3 Å². The average Bonchev–Trinajstić information content (AvgIpc) is 2.38. The fourth-order valence-corrected chi connectivity index (χ4v) is 2.56. The molecule has 1 aliphatic rings. The van der Waals surface area contributed by atoms with E-state index in [-0.39, 0.29) is 0 Å². The van der Waals surface area contributed by atoms with Crippen molar-refractivity contribution < 1.29 is 0 Å². The molecule has 0 spiro atoms. The number of rotatable bonds is 2. The quantitative estimate of drug-likeness (QED) is 0.869. The van der Waals surface area contributed by atoms with Crippen LogP contribution in [0.4, 0.5) is 5.69 Å². The van der Waals surface area contributed by atoms with Gasteiger partial charge in [-0.25, -0.2) is 0 Å². The summed E-state index contributed by atoms with van der Waals surface area (Å²) in [6, 6.07) is 8.33. The first-order valence-corrected chi connectivity index (χ1v) is 6.83. The van der Waals surface area contributed by atoms with Gasteiger partial charge in [-0.2, -0.15) is 5.26 Å². The maximum atomic E-state index is 9.28. The molecule has 96 valence electrons. The van der Waals surface area contributed by atoms with Gasteiger partial charge in [-0.15, -0.1) is 0 Å². The monoisotopic (exact) mass is 243 g/mol. The number of hydrogen-bond acceptors (Lipinski definition) is 3. The summed E-state index contributed by atoms with van der Waals surface area (Å²) in [5, 5.41) is 9.28. The highest BCUT2D eigenvalue weighted by atomic mass is 15.1. The Labute approximate surface area is 109 Å². The molecule has 0 atom stereocenters. The number of nitrogens with two attached hydrogens (primary N) is 1. The van der Waals surface area contributed by atoms with Gasteiger partial charge in [0.1, 0.15) is 6.07 Å². The Kier molecular flexibility index (Phi) is 4.60. The fourth-order valence-electron chi connectivity index (χ4n) is 2.56. The smallest absolute Gasteiger partial charge is 0.101 e. The molecule has 1 aromatic rings. The summed E-state index contributed by atoms with van der Waals surface area (Å²) in [6.45, 7) is 2.63. The maximum Gasteiger partial charge on any atom is 0.101 e. The zero-order valence-corrected chi connectivity index (χ0v) is 10.9. The SMILES string of the molecule is N#Cc1cc(CN)ccc1N1CCCCCCC1. The first kappa shape index (κ1) is 12.9. The molecule has 1 aliphatic heterocycles. The second kappa shape index (κ2) is 6.42. The van der Waals surface area contributed by atoms with Gasteiger partial charge in [-0.1, -0.05) is 25.3 Å². The molecule has 0 aromatic heterocycles. The number of nitrogens with zero attached hydrogens (tertiary/aromatic N) is 2. The molecule has 1 fully saturated rings. The number of hydrogen-bond donors (Lipinski definition) is 1. The van der Waals surface area contributed by atoms with E-state index in [1.165, 1.54) is 32.1 Å². The molecular weight excluding hydrogens is 222 g/mol. The van der Waals surface area contributed by atoms with Crippen LogP contribution in [0.1, 0.15) is 43.2 Å². The maximum absolute atomic E-state index is 9.28. The zero-order valence-electron chi connectivity index (χ0n) is 10.9. The summed E-state index contributed by atoms with van der Waals surface area (Å²) < 4.78 is 0. The predicted octanol–water partition coefficient (Wildman–Crippen LogP) is 2.79. The minimum absolute atomic E-state index is 0.495. The molecular formula is C15H21N3. The minimum Gasteiger partial charge on any atom is -0.370 e. The van der Waals surface area contributed by atoms with E-state index in [0.29, 0.717) is 6.54 Å².